The van der Waals surface area contributed by atoms with Crippen LogP contribution < -0.4 is 10.6 Å². The van der Waals surface area contributed by atoms with Crippen molar-refractivity contribution in [3.8, 4) is 11.4 Å². The van der Waals surface area contributed by atoms with Crippen LogP contribution in [0.3, 0.4) is 0 Å². The fraction of sp³-hybridized carbons (Fsp3) is 0.0870. The molecule has 1 amide bonds. The number of fused-ring (bicyclic) bond motifs is 1. The van der Waals surface area contributed by atoms with Crippen molar-refractivity contribution in [1.82, 2.24) is 24.7 Å². The van der Waals surface area contributed by atoms with Gasteiger partial charge < -0.3 is 10.6 Å². The zero-order valence-electron chi connectivity index (χ0n) is 17.0. The topological polar surface area (TPSA) is 97.6 Å². The van der Waals surface area contributed by atoms with Gasteiger partial charge in [-0.25, -0.2) is 4.68 Å². The van der Waals surface area contributed by atoms with Gasteiger partial charge in [-0.1, -0.05) is 11.6 Å². The molecular formula is C23H18ClN7O. The van der Waals surface area contributed by atoms with Gasteiger partial charge in [0.15, 0.2) is 5.82 Å². The van der Waals surface area contributed by atoms with Crippen molar-refractivity contribution in [2.45, 2.75) is 13.0 Å². The first-order valence-corrected chi connectivity index (χ1v) is 10.3. The van der Waals surface area contributed by atoms with Crippen molar-refractivity contribution in [2.75, 3.05) is 10.6 Å². The Balaban J connectivity index is 1.59. The molecule has 0 fully saturated rings. The van der Waals surface area contributed by atoms with Gasteiger partial charge in [0, 0.05) is 34.9 Å². The number of rotatable bonds is 4. The number of hydrogen-bond acceptors (Lipinski definition) is 6. The van der Waals surface area contributed by atoms with E-state index in [4.69, 9.17) is 16.7 Å². The number of nitrogens with one attached hydrogen (secondary N) is 2. The van der Waals surface area contributed by atoms with Crippen LogP contribution in [-0.4, -0.2) is 30.6 Å². The maximum Gasteiger partial charge on any atom is 0.255 e. The van der Waals surface area contributed by atoms with Gasteiger partial charge in [-0.05, 0) is 61.0 Å². The Morgan fingerprint density at radius 3 is 2.56 bits per heavy atom. The minimum Gasteiger partial charge on any atom is -0.328 e. The van der Waals surface area contributed by atoms with E-state index in [1.165, 1.54) is 0 Å². The molecule has 0 aliphatic carbocycles. The molecule has 8 nitrogen and oxygen atoms in total. The van der Waals surface area contributed by atoms with Crippen molar-refractivity contribution in [2.24, 2.45) is 0 Å². The highest BCUT2D eigenvalue weighted by Gasteiger charge is 2.34. The van der Waals surface area contributed by atoms with Crippen LogP contribution in [-0.2, 0) is 4.79 Å². The molecule has 158 valence electrons. The Morgan fingerprint density at radius 1 is 1.06 bits per heavy atom. The Kier molecular flexibility index (Phi) is 5.12. The van der Waals surface area contributed by atoms with Gasteiger partial charge in [-0.2, -0.15) is 4.98 Å². The number of nitrogens with zero attached hydrogens (tertiary/aromatic N) is 5. The van der Waals surface area contributed by atoms with E-state index >= 15 is 0 Å². The second-order valence-corrected chi connectivity index (χ2v) is 7.69. The summed E-state index contributed by atoms with van der Waals surface area (Å²) >= 11 is 6.02. The SMILES string of the molecule is CC1=C(C(=O)Nc2cccnc2)C(c2ccncc2)n2nc(-c3ccc(Cl)cc3)nc2N1. The number of hydrogen-bond donors (Lipinski definition) is 2. The zero-order chi connectivity index (χ0) is 22.1. The summed E-state index contributed by atoms with van der Waals surface area (Å²) < 4.78 is 1.73. The van der Waals surface area contributed by atoms with Crippen molar-refractivity contribution in [1.29, 1.82) is 0 Å². The highest BCUT2D eigenvalue weighted by molar-refractivity contribution is 6.30. The van der Waals surface area contributed by atoms with Gasteiger partial charge in [-0.3, -0.25) is 14.8 Å². The number of pyridine rings is 2. The van der Waals surface area contributed by atoms with E-state index in [2.05, 4.69) is 25.6 Å². The molecule has 9 heteroatoms. The van der Waals surface area contributed by atoms with Crippen molar-refractivity contribution in [3.05, 3.63) is 95.2 Å². The summed E-state index contributed by atoms with van der Waals surface area (Å²) in [5, 5.41) is 11.5. The van der Waals surface area contributed by atoms with Crippen LogP contribution in [0.15, 0.2) is 84.6 Å². The lowest BCUT2D eigenvalue weighted by Crippen LogP contribution is -2.31. The molecule has 5 rings (SSSR count). The average molecular weight is 444 g/mol. The third-order valence-electron chi connectivity index (χ3n) is 5.14. The van der Waals surface area contributed by atoms with Crippen LogP contribution in [0.1, 0.15) is 18.5 Å². The molecule has 4 heterocycles. The van der Waals surface area contributed by atoms with Crippen LogP contribution >= 0.6 is 11.6 Å². The van der Waals surface area contributed by atoms with Crippen LogP contribution in [0, 0.1) is 0 Å². The van der Waals surface area contributed by atoms with Gasteiger partial charge >= 0.3 is 0 Å². The van der Waals surface area contributed by atoms with E-state index in [0.29, 0.717) is 33.8 Å². The van der Waals surface area contributed by atoms with E-state index in [9.17, 15) is 4.79 Å². The Morgan fingerprint density at radius 2 is 1.84 bits per heavy atom. The summed E-state index contributed by atoms with van der Waals surface area (Å²) in [6.45, 7) is 1.85. The minimum absolute atomic E-state index is 0.251. The van der Waals surface area contributed by atoms with E-state index in [0.717, 1.165) is 11.1 Å². The zero-order valence-corrected chi connectivity index (χ0v) is 17.8. The number of anilines is 2. The number of carbonyl (C=O) groups excluding carboxylic acids is 1. The number of carbonyl (C=O) groups is 1. The standard InChI is InChI=1S/C23H18ClN7O/c1-14-19(22(32)28-18-3-2-10-26-13-18)20(15-8-11-25-12-9-15)31-23(27-14)29-21(30-31)16-4-6-17(24)7-5-16/h2-13,20H,1H3,(H,28,32)(H,27,29,30). The number of benzene rings is 1. The monoisotopic (exact) mass is 443 g/mol. The fourth-order valence-corrected chi connectivity index (χ4v) is 3.78. The molecule has 0 bridgehead atoms. The van der Waals surface area contributed by atoms with Crippen LogP contribution in [0.2, 0.25) is 5.02 Å². The Labute approximate surface area is 189 Å². The molecular weight excluding hydrogens is 426 g/mol. The normalized spacial score (nSPS) is 15.1. The second-order valence-electron chi connectivity index (χ2n) is 7.25. The molecule has 2 N–H and O–H groups in total. The number of allylic oxidation sites excluding steroid dienone is 1. The molecule has 0 radical (unpaired) electrons. The highest BCUT2D eigenvalue weighted by Crippen LogP contribution is 2.36. The lowest BCUT2D eigenvalue weighted by atomic mass is 9.96. The predicted molar refractivity (Wildman–Crippen MR) is 122 cm³/mol. The van der Waals surface area contributed by atoms with Crippen molar-refractivity contribution in [3.63, 3.8) is 0 Å². The van der Waals surface area contributed by atoms with Crippen LogP contribution in [0.25, 0.3) is 11.4 Å². The molecule has 1 unspecified atom stereocenters. The Bertz CT molecular complexity index is 1300. The third kappa shape index (κ3) is 3.72. The first-order chi connectivity index (χ1) is 15.6. The first-order valence-electron chi connectivity index (χ1n) is 9.92. The maximum atomic E-state index is 13.4. The van der Waals surface area contributed by atoms with E-state index in [1.54, 1.807) is 53.7 Å². The van der Waals surface area contributed by atoms with Gasteiger partial charge in [0.1, 0.15) is 6.04 Å². The highest BCUT2D eigenvalue weighted by atomic mass is 35.5. The maximum absolute atomic E-state index is 13.4. The average Bonchev–Trinajstić information content (AvgIpc) is 3.23. The molecule has 1 aliphatic rings. The summed E-state index contributed by atoms with van der Waals surface area (Å²) in [6, 6.07) is 14.1. The minimum atomic E-state index is -0.487. The summed E-state index contributed by atoms with van der Waals surface area (Å²) in [6.07, 6.45) is 6.65. The molecule has 1 aromatic carbocycles. The molecule has 1 aliphatic heterocycles. The summed E-state index contributed by atoms with van der Waals surface area (Å²) in [4.78, 5) is 26.2. The quantitative estimate of drug-likeness (QED) is 0.487. The Hall–Kier alpha value is -4.04. The third-order valence-corrected chi connectivity index (χ3v) is 5.39. The smallest absolute Gasteiger partial charge is 0.255 e. The molecule has 3 aromatic heterocycles. The van der Waals surface area contributed by atoms with Gasteiger partial charge in [0.25, 0.3) is 5.91 Å². The summed E-state index contributed by atoms with van der Waals surface area (Å²) in [7, 11) is 0. The van der Waals surface area contributed by atoms with Gasteiger partial charge in [0.05, 0.1) is 17.5 Å². The molecule has 0 spiro atoms. The van der Waals surface area contributed by atoms with Gasteiger partial charge in [0.2, 0.25) is 5.95 Å². The predicted octanol–water partition coefficient (Wildman–Crippen LogP) is 4.32. The lowest BCUT2D eigenvalue weighted by molar-refractivity contribution is -0.113. The van der Waals surface area contributed by atoms with Crippen molar-refractivity contribution >= 4 is 29.1 Å². The van der Waals surface area contributed by atoms with Crippen LogP contribution in [0.5, 0.6) is 0 Å². The van der Waals surface area contributed by atoms with E-state index in [1.807, 2.05) is 31.2 Å². The molecule has 4 aromatic rings. The number of amides is 1. The van der Waals surface area contributed by atoms with E-state index < -0.39 is 6.04 Å². The first kappa shape index (κ1) is 19.9. The second kappa shape index (κ2) is 8.24. The number of halogens is 1. The van der Waals surface area contributed by atoms with E-state index in [-0.39, 0.29) is 5.91 Å². The molecule has 0 saturated heterocycles. The molecule has 32 heavy (non-hydrogen) atoms. The number of aromatic nitrogens is 5. The lowest BCUT2D eigenvalue weighted by Gasteiger charge is -2.28. The summed E-state index contributed by atoms with van der Waals surface area (Å²) in [5.74, 6) is 0.830. The van der Waals surface area contributed by atoms with Crippen molar-refractivity contribution < 1.29 is 4.79 Å². The largest absolute Gasteiger partial charge is 0.328 e. The fourth-order valence-electron chi connectivity index (χ4n) is 3.66. The molecule has 0 saturated carbocycles. The summed E-state index contributed by atoms with van der Waals surface area (Å²) in [5.41, 5.74) is 3.52. The van der Waals surface area contributed by atoms with Crippen LogP contribution in [0.4, 0.5) is 11.6 Å². The van der Waals surface area contributed by atoms with Gasteiger partial charge in [-0.15, -0.1) is 5.10 Å². The molecule has 1 atom stereocenters.